The van der Waals surface area contributed by atoms with Crippen LogP contribution in [0.4, 0.5) is 4.39 Å². The molecule has 2 aromatic heterocycles. The highest BCUT2D eigenvalue weighted by atomic mass is 19.1. The van der Waals surface area contributed by atoms with Gasteiger partial charge in [0.2, 0.25) is 0 Å². The van der Waals surface area contributed by atoms with Crippen LogP contribution in [0, 0.1) is 5.82 Å². The number of fused-ring (bicyclic) bond motifs is 3. The maximum atomic E-state index is 14.6. The van der Waals surface area contributed by atoms with E-state index in [2.05, 4.69) is 0 Å². The number of aliphatic hydroxyl groups excluding tert-OH is 2. The van der Waals surface area contributed by atoms with Crippen LogP contribution in [-0.2, 0) is 16.0 Å². The van der Waals surface area contributed by atoms with Gasteiger partial charge in [0, 0.05) is 33.8 Å². The Morgan fingerprint density at radius 2 is 1.56 bits per heavy atom. The number of pyridine rings is 1. The molecule has 0 saturated carbocycles. The number of halogens is 1. The lowest BCUT2D eigenvalue weighted by atomic mass is 9.96. The van der Waals surface area contributed by atoms with Gasteiger partial charge in [0.15, 0.2) is 0 Å². The Morgan fingerprint density at radius 1 is 0.911 bits per heavy atom. The molecular formula is C37H41FN2O5. The summed E-state index contributed by atoms with van der Waals surface area (Å²) in [5.41, 5.74) is 3.59. The van der Waals surface area contributed by atoms with Gasteiger partial charge in [0.1, 0.15) is 16.9 Å². The zero-order valence-corrected chi connectivity index (χ0v) is 26.5. The van der Waals surface area contributed by atoms with Crippen LogP contribution in [0.3, 0.4) is 0 Å². The molecule has 7 nitrogen and oxygen atoms in total. The first-order chi connectivity index (χ1) is 21.4. The number of hydrogen-bond acceptors (Lipinski definition) is 5. The Morgan fingerprint density at radius 3 is 2.20 bits per heavy atom. The third-order valence-electron chi connectivity index (χ3n) is 7.87. The molecule has 8 heteroatoms. The van der Waals surface area contributed by atoms with Gasteiger partial charge in [-0.1, -0.05) is 48.5 Å². The average molecular weight is 613 g/mol. The molecule has 0 fully saturated rings. The van der Waals surface area contributed by atoms with Crippen molar-refractivity contribution in [2.45, 2.75) is 84.2 Å². The second-order valence-corrected chi connectivity index (χ2v) is 12.9. The molecule has 0 aliphatic heterocycles. The second kappa shape index (κ2) is 13.0. The van der Waals surface area contributed by atoms with Crippen molar-refractivity contribution in [3.63, 3.8) is 0 Å². The zero-order chi connectivity index (χ0) is 32.5. The van der Waals surface area contributed by atoms with Crippen LogP contribution in [0.25, 0.3) is 38.6 Å². The van der Waals surface area contributed by atoms with Crippen molar-refractivity contribution in [3.8, 4) is 16.8 Å². The van der Waals surface area contributed by atoms with Gasteiger partial charge in [-0.15, -0.1) is 0 Å². The molecule has 0 bridgehead atoms. The molecule has 0 aliphatic rings. The summed E-state index contributed by atoms with van der Waals surface area (Å²) in [6.45, 7) is 9.31. The zero-order valence-electron chi connectivity index (χ0n) is 26.5. The monoisotopic (exact) mass is 612 g/mol. The molecule has 0 amide bonds. The number of nitrogens with zero attached hydrogens (tertiary/aromatic N) is 2. The number of carbonyl (C=O) groups is 1. The van der Waals surface area contributed by atoms with Crippen LogP contribution in [-0.4, -0.2) is 43.1 Å². The quantitative estimate of drug-likeness (QED) is 0.164. The third kappa shape index (κ3) is 6.87. The molecule has 236 valence electrons. The first-order valence-corrected chi connectivity index (χ1v) is 15.5. The Bertz CT molecular complexity index is 1870. The number of ether oxygens (including phenoxy) is 1. The predicted molar refractivity (Wildman–Crippen MR) is 176 cm³/mol. The van der Waals surface area contributed by atoms with Gasteiger partial charge in [0.25, 0.3) is 5.56 Å². The van der Waals surface area contributed by atoms with E-state index in [1.807, 2.05) is 73.0 Å². The Kier molecular flexibility index (Phi) is 9.28. The fourth-order valence-corrected chi connectivity index (χ4v) is 6.18. The molecule has 0 spiro atoms. The SMILES string of the molecule is CC(C)n1c(CCC(O)CC(O)CC(=O)OC(C)(C)C)c(-c2ccc(F)cc2)c2c3ccccc3n(-c3ccccc3)c(=O)c21. The van der Waals surface area contributed by atoms with E-state index in [-0.39, 0.29) is 36.7 Å². The Labute approximate surface area is 262 Å². The third-order valence-corrected chi connectivity index (χ3v) is 7.87. The summed E-state index contributed by atoms with van der Waals surface area (Å²) in [5.74, 6) is -0.888. The first-order valence-electron chi connectivity index (χ1n) is 15.5. The molecule has 5 aromatic rings. The van der Waals surface area contributed by atoms with E-state index in [9.17, 15) is 24.2 Å². The van der Waals surface area contributed by atoms with E-state index >= 15 is 0 Å². The largest absolute Gasteiger partial charge is 0.460 e. The van der Waals surface area contributed by atoms with Gasteiger partial charge >= 0.3 is 5.97 Å². The fraction of sp³-hybridized carbons (Fsp3) is 0.351. The van der Waals surface area contributed by atoms with Gasteiger partial charge in [0.05, 0.1) is 24.1 Å². The fourth-order valence-electron chi connectivity index (χ4n) is 6.18. The molecule has 0 radical (unpaired) electrons. The maximum absolute atomic E-state index is 14.6. The molecule has 2 N–H and O–H groups in total. The summed E-state index contributed by atoms with van der Waals surface area (Å²) in [5, 5.41) is 23.2. The van der Waals surface area contributed by atoms with E-state index in [0.717, 1.165) is 38.8 Å². The number of hydrogen-bond donors (Lipinski definition) is 2. The van der Waals surface area contributed by atoms with Crippen molar-refractivity contribution >= 4 is 27.8 Å². The van der Waals surface area contributed by atoms with Crippen molar-refractivity contribution < 1.29 is 24.1 Å². The van der Waals surface area contributed by atoms with Gasteiger partial charge in [-0.25, -0.2) is 4.39 Å². The van der Waals surface area contributed by atoms with Crippen LogP contribution in [0.2, 0.25) is 0 Å². The van der Waals surface area contributed by atoms with Crippen LogP contribution in [0.15, 0.2) is 83.7 Å². The first kappa shape index (κ1) is 32.1. The van der Waals surface area contributed by atoms with Crippen molar-refractivity contribution in [1.82, 2.24) is 9.13 Å². The normalized spacial score (nSPS) is 13.4. The number of carbonyl (C=O) groups excluding carboxylic acids is 1. The molecule has 2 heterocycles. The smallest absolute Gasteiger partial charge is 0.308 e. The summed E-state index contributed by atoms with van der Waals surface area (Å²) in [7, 11) is 0. The average Bonchev–Trinajstić information content (AvgIpc) is 3.32. The number of para-hydroxylation sites is 2. The molecule has 3 aromatic carbocycles. The van der Waals surface area contributed by atoms with Crippen LogP contribution in [0.5, 0.6) is 0 Å². The minimum Gasteiger partial charge on any atom is -0.460 e. The van der Waals surface area contributed by atoms with E-state index in [1.54, 1.807) is 37.5 Å². The second-order valence-electron chi connectivity index (χ2n) is 12.9. The summed E-state index contributed by atoms with van der Waals surface area (Å²) in [4.78, 5) is 26.8. The van der Waals surface area contributed by atoms with Gasteiger partial charge in [-0.05, 0) is 89.8 Å². The summed E-state index contributed by atoms with van der Waals surface area (Å²) >= 11 is 0. The predicted octanol–water partition coefficient (Wildman–Crippen LogP) is 7.11. The number of aliphatic hydroxyl groups is 2. The highest BCUT2D eigenvalue weighted by molar-refractivity contribution is 6.14. The number of benzene rings is 3. The highest BCUT2D eigenvalue weighted by Crippen LogP contribution is 2.41. The summed E-state index contributed by atoms with van der Waals surface area (Å²) in [6, 6.07) is 23.4. The van der Waals surface area contributed by atoms with Gasteiger partial charge in [-0.3, -0.25) is 14.2 Å². The lowest BCUT2D eigenvalue weighted by Crippen LogP contribution is -2.28. The van der Waals surface area contributed by atoms with Crippen molar-refractivity contribution in [2.75, 3.05) is 0 Å². The van der Waals surface area contributed by atoms with Crippen molar-refractivity contribution in [3.05, 3.63) is 101 Å². The number of esters is 1. The maximum Gasteiger partial charge on any atom is 0.308 e. The van der Waals surface area contributed by atoms with Crippen LogP contribution >= 0.6 is 0 Å². The summed E-state index contributed by atoms with van der Waals surface area (Å²) in [6.07, 6.45) is -1.56. The Hall–Kier alpha value is -4.27. The molecule has 2 unspecified atom stereocenters. The molecule has 0 saturated heterocycles. The van der Waals surface area contributed by atoms with Crippen molar-refractivity contribution in [2.24, 2.45) is 0 Å². The Balaban J connectivity index is 1.65. The summed E-state index contributed by atoms with van der Waals surface area (Å²) < 4.78 is 23.2. The van der Waals surface area contributed by atoms with E-state index < -0.39 is 23.8 Å². The van der Waals surface area contributed by atoms with E-state index in [0.29, 0.717) is 11.9 Å². The molecule has 5 rings (SSSR count). The molecule has 45 heavy (non-hydrogen) atoms. The van der Waals surface area contributed by atoms with E-state index in [1.165, 1.54) is 12.1 Å². The number of aromatic nitrogens is 2. The van der Waals surface area contributed by atoms with Gasteiger partial charge < -0.3 is 19.5 Å². The van der Waals surface area contributed by atoms with Gasteiger partial charge in [-0.2, -0.15) is 0 Å². The molecule has 0 aliphatic carbocycles. The minimum atomic E-state index is -1.07. The standard InChI is InChI=1S/C37H41FN2O5/c1-23(2)39-31(20-19-27(41)21-28(42)22-32(43)45-37(3,4)5)33(24-15-17-25(38)18-16-24)34-29-13-9-10-14-30(29)40(36(44)35(34)39)26-11-7-6-8-12-26/h6-18,23,27-28,41-42H,19-22H2,1-5H3. The van der Waals surface area contributed by atoms with E-state index in [4.69, 9.17) is 4.74 Å². The minimum absolute atomic E-state index is 0.00320. The van der Waals surface area contributed by atoms with Crippen LogP contribution in [0.1, 0.15) is 65.6 Å². The van der Waals surface area contributed by atoms with Crippen LogP contribution < -0.4 is 5.56 Å². The topological polar surface area (TPSA) is 93.7 Å². The molecular weight excluding hydrogens is 571 g/mol. The highest BCUT2D eigenvalue weighted by Gasteiger charge is 2.27. The van der Waals surface area contributed by atoms with Crippen molar-refractivity contribution in [1.29, 1.82) is 0 Å². The number of rotatable bonds is 10. The lowest BCUT2D eigenvalue weighted by molar-refractivity contribution is -0.157. The lowest BCUT2D eigenvalue weighted by Gasteiger charge is -2.22. The molecule has 2 atom stereocenters.